The Labute approximate surface area is 253 Å². The lowest BCUT2D eigenvalue weighted by atomic mass is 9.87. The average molecular weight is 599 g/mol. The Kier molecular flexibility index (Phi) is 8.65. The second-order valence-electron chi connectivity index (χ2n) is 9.91. The van der Waals surface area contributed by atoms with Crippen molar-refractivity contribution in [3.63, 3.8) is 0 Å². The van der Waals surface area contributed by atoms with Crippen molar-refractivity contribution >= 4 is 34.1 Å². The number of ether oxygens (including phenoxy) is 1. The van der Waals surface area contributed by atoms with Gasteiger partial charge in [0.2, 0.25) is 0 Å². The fourth-order valence-electron chi connectivity index (χ4n) is 5.15. The molecule has 1 amide bonds. The maximum absolute atomic E-state index is 12.5. The molecule has 1 aliphatic heterocycles. The van der Waals surface area contributed by atoms with Gasteiger partial charge in [0.25, 0.3) is 11.7 Å². The molecule has 5 heterocycles. The van der Waals surface area contributed by atoms with E-state index >= 15 is 0 Å². The molecule has 6 rings (SSSR count). The van der Waals surface area contributed by atoms with Crippen LogP contribution in [0, 0.1) is 12.8 Å². The van der Waals surface area contributed by atoms with Crippen molar-refractivity contribution in [2.75, 3.05) is 18.4 Å². The second-order valence-corrected chi connectivity index (χ2v) is 9.91. The van der Waals surface area contributed by atoms with Gasteiger partial charge in [-0.2, -0.15) is 10.2 Å². The molecule has 0 saturated carbocycles. The highest BCUT2D eigenvalue weighted by Gasteiger charge is 2.30. The molecule has 13 nitrogen and oxygen atoms in total. The molecule has 0 fully saturated rings. The monoisotopic (exact) mass is 598 g/mol. The summed E-state index contributed by atoms with van der Waals surface area (Å²) in [5, 5.41) is 39.9. The van der Waals surface area contributed by atoms with Crippen LogP contribution in [-0.2, 0) is 4.79 Å². The zero-order valence-electron chi connectivity index (χ0n) is 24.8. The van der Waals surface area contributed by atoms with Gasteiger partial charge in [0.15, 0.2) is 11.5 Å². The summed E-state index contributed by atoms with van der Waals surface area (Å²) >= 11 is 0. The third-order valence-corrected chi connectivity index (χ3v) is 7.29. The van der Waals surface area contributed by atoms with Crippen molar-refractivity contribution < 1.29 is 24.9 Å². The Morgan fingerprint density at radius 1 is 1.02 bits per heavy atom. The number of pyridine rings is 1. The van der Waals surface area contributed by atoms with Crippen LogP contribution in [0.1, 0.15) is 38.3 Å². The molecular formula is C31H34N8O5. The maximum atomic E-state index is 12.5. The molecular weight excluding hydrogens is 564 g/mol. The SMILES string of the molecule is CC.CCC1CN(C(=O)C(O)=C(O)O)CC=C1c1ccn2ncnc(Nc3ccc(Oc4ccn5ncnc5c4)c(C)c3)c12. The van der Waals surface area contributed by atoms with Crippen LogP contribution in [0.15, 0.2) is 79.2 Å². The minimum Gasteiger partial charge on any atom is -0.498 e. The van der Waals surface area contributed by atoms with Gasteiger partial charge in [-0.25, -0.2) is 19.0 Å². The number of carbonyl (C=O) groups excluding carboxylic acids is 1. The number of aliphatic hydroxyl groups is 3. The van der Waals surface area contributed by atoms with Crippen LogP contribution in [0.2, 0.25) is 0 Å². The molecule has 13 heteroatoms. The fraction of sp³-hybridized carbons (Fsp3) is 0.258. The van der Waals surface area contributed by atoms with Gasteiger partial charge in [0.1, 0.15) is 29.7 Å². The summed E-state index contributed by atoms with van der Waals surface area (Å²) in [4.78, 5) is 22.6. The Morgan fingerprint density at radius 2 is 1.77 bits per heavy atom. The predicted molar refractivity (Wildman–Crippen MR) is 165 cm³/mol. The van der Waals surface area contributed by atoms with Crippen LogP contribution in [-0.4, -0.2) is 68.4 Å². The van der Waals surface area contributed by atoms with Crippen LogP contribution in [0.25, 0.3) is 16.7 Å². The summed E-state index contributed by atoms with van der Waals surface area (Å²) < 4.78 is 9.52. The zero-order chi connectivity index (χ0) is 31.4. The van der Waals surface area contributed by atoms with Crippen molar-refractivity contribution in [1.29, 1.82) is 0 Å². The fourth-order valence-corrected chi connectivity index (χ4v) is 5.15. The second kappa shape index (κ2) is 12.7. The third-order valence-electron chi connectivity index (χ3n) is 7.29. The number of hydrogen-bond donors (Lipinski definition) is 4. The molecule has 0 spiro atoms. The van der Waals surface area contributed by atoms with E-state index in [4.69, 9.17) is 14.9 Å². The van der Waals surface area contributed by atoms with Crippen LogP contribution in [0.3, 0.4) is 0 Å². The van der Waals surface area contributed by atoms with Gasteiger partial charge < -0.3 is 30.3 Å². The maximum Gasteiger partial charge on any atom is 0.324 e. The molecule has 1 aromatic carbocycles. The molecule has 5 aromatic rings. The van der Waals surface area contributed by atoms with E-state index in [1.165, 1.54) is 17.6 Å². The quantitative estimate of drug-likeness (QED) is 0.134. The molecule has 0 saturated heterocycles. The van der Waals surface area contributed by atoms with Crippen LogP contribution in [0.5, 0.6) is 11.5 Å². The first-order valence-electron chi connectivity index (χ1n) is 14.3. The molecule has 228 valence electrons. The predicted octanol–water partition coefficient (Wildman–Crippen LogP) is 5.74. The molecule has 0 radical (unpaired) electrons. The number of fused-ring (bicyclic) bond motifs is 2. The molecule has 0 aliphatic carbocycles. The normalized spacial score (nSPS) is 14.5. The van der Waals surface area contributed by atoms with Crippen molar-refractivity contribution in [2.24, 2.45) is 5.92 Å². The summed E-state index contributed by atoms with van der Waals surface area (Å²) in [7, 11) is 0. The molecule has 1 unspecified atom stereocenters. The van der Waals surface area contributed by atoms with Crippen LogP contribution in [0.4, 0.5) is 11.5 Å². The lowest BCUT2D eigenvalue weighted by Crippen LogP contribution is -2.40. The summed E-state index contributed by atoms with van der Waals surface area (Å²) in [6.45, 7) is 8.47. The first kappa shape index (κ1) is 29.9. The standard InChI is InChI=1S/C29H28N8O5.C2H6/c1-3-18-14-35(28(39)26(38)29(40)41)9-7-21(18)22-8-11-37-25(22)27(31-16-33-37)34-19-4-5-23(17(2)12-19)42-20-6-10-36-24(13-20)30-15-32-36;1-2/h4-8,10-13,15-16,18,38,40-41H,3,9,14H2,1-2H3,(H,31,33,34);1-2H3. The number of aliphatic hydroxyl groups excluding tert-OH is 2. The van der Waals surface area contributed by atoms with E-state index in [2.05, 4.69) is 25.5 Å². The summed E-state index contributed by atoms with van der Waals surface area (Å²) in [5.74, 6) is -1.40. The van der Waals surface area contributed by atoms with Gasteiger partial charge in [-0.1, -0.05) is 26.8 Å². The van der Waals surface area contributed by atoms with E-state index in [0.29, 0.717) is 35.9 Å². The number of aromatic nitrogens is 6. The Balaban J connectivity index is 0.00000188. The molecule has 44 heavy (non-hydrogen) atoms. The smallest absolute Gasteiger partial charge is 0.324 e. The van der Waals surface area contributed by atoms with E-state index in [1.54, 1.807) is 15.2 Å². The largest absolute Gasteiger partial charge is 0.498 e. The summed E-state index contributed by atoms with van der Waals surface area (Å²) in [5.41, 5.74) is 5.13. The molecule has 1 aliphatic rings. The Bertz CT molecular complexity index is 1870. The minimum atomic E-state index is -1.39. The number of carbonyl (C=O) groups is 1. The van der Waals surface area contributed by atoms with Gasteiger partial charge >= 0.3 is 5.95 Å². The Morgan fingerprint density at radius 3 is 2.52 bits per heavy atom. The van der Waals surface area contributed by atoms with Crippen molar-refractivity contribution in [1.82, 2.24) is 34.1 Å². The van der Waals surface area contributed by atoms with E-state index in [-0.39, 0.29) is 12.5 Å². The lowest BCUT2D eigenvalue weighted by molar-refractivity contribution is -0.130. The first-order chi connectivity index (χ1) is 21.3. The van der Waals surface area contributed by atoms with Gasteiger partial charge in [-0.15, -0.1) is 0 Å². The van der Waals surface area contributed by atoms with Crippen LogP contribution < -0.4 is 10.1 Å². The lowest BCUT2D eigenvalue weighted by Gasteiger charge is -2.32. The first-order valence-corrected chi connectivity index (χ1v) is 14.3. The molecule has 1 atom stereocenters. The van der Waals surface area contributed by atoms with E-state index in [1.807, 2.05) is 76.4 Å². The van der Waals surface area contributed by atoms with Crippen molar-refractivity contribution in [3.05, 3.63) is 90.4 Å². The Hall–Kier alpha value is -5.59. The molecule has 0 bridgehead atoms. The number of benzene rings is 1. The number of aryl methyl sites for hydroxylation is 1. The van der Waals surface area contributed by atoms with E-state index in [0.717, 1.165) is 27.9 Å². The number of nitrogens with one attached hydrogen (secondary N) is 1. The highest BCUT2D eigenvalue weighted by atomic mass is 16.5. The van der Waals surface area contributed by atoms with Crippen molar-refractivity contribution in [2.45, 2.75) is 34.1 Å². The van der Waals surface area contributed by atoms with Gasteiger partial charge in [0, 0.05) is 48.7 Å². The molecule has 4 aromatic heterocycles. The number of amides is 1. The number of nitrogens with zero attached hydrogens (tertiary/aromatic N) is 7. The number of anilines is 2. The average Bonchev–Trinajstić information content (AvgIpc) is 3.70. The highest BCUT2D eigenvalue weighted by Crippen LogP contribution is 2.36. The van der Waals surface area contributed by atoms with Crippen LogP contribution >= 0.6 is 0 Å². The van der Waals surface area contributed by atoms with E-state index in [9.17, 15) is 9.90 Å². The van der Waals surface area contributed by atoms with Gasteiger partial charge in [0.05, 0.1) is 0 Å². The van der Waals surface area contributed by atoms with Crippen molar-refractivity contribution in [3.8, 4) is 11.5 Å². The van der Waals surface area contributed by atoms with Gasteiger partial charge in [-0.05, 0) is 54.8 Å². The van der Waals surface area contributed by atoms with Gasteiger partial charge in [-0.3, -0.25) is 4.79 Å². The van der Waals surface area contributed by atoms with E-state index < -0.39 is 17.6 Å². The minimum absolute atomic E-state index is 0.0637. The summed E-state index contributed by atoms with van der Waals surface area (Å²) in [6.07, 6.45) is 9.24. The highest BCUT2D eigenvalue weighted by molar-refractivity contribution is 5.93. The third kappa shape index (κ3) is 5.84. The number of rotatable bonds is 7. The topological polar surface area (TPSA) is 163 Å². The molecule has 4 N–H and O–H groups in total. The summed E-state index contributed by atoms with van der Waals surface area (Å²) in [6, 6.07) is 11.4. The number of hydrogen-bond acceptors (Lipinski definition) is 10. The zero-order valence-corrected chi connectivity index (χ0v) is 24.8.